The number of thiophene rings is 1. The molecule has 5 nitrogen and oxygen atoms in total. The second-order valence-corrected chi connectivity index (χ2v) is 7.36. The van der Waals surface area contributed by atoms with Gasteiger partial charge in [-0.15, -0.1) is 11.3 Å². The van der Waals surface area contributed by atoms with Crippen LogP contribution in [-0.4, -0.2) is 34.0 Å². The van der Waals surface area contributed by atoms with Crippen LogP contribution in [0.15, 0.2) is 16.7 Å². The minimum Gasteiger partial charge on any atom is -0.342 e. The average molecular weight is 340 g/mol. The lowest BCUT2D eigenvalue weighted by Crippen LogP contribution is -2.39. The maximum absolute atomic E-state index is 12.4. The molecular formula is C15H18ClN3O2S. The summed E-state index contributed by atoms with van der Waals surface area (Å²) in [7, 11) is 0. The third kappa shape index (κ3) is 3.67. The standard InChI is InChI=1S/C15H18ClN3O2S/c1-10-17-15(21-18-10)11-3-2-8-19(9-11)14(20)7-5-12-4-6-13(16)22-12/h4,6,11H,2-3,5,7-9H2,1H3/t11-/m0/s1. The van der Waals surface area contributed by atoms with Crippen LogP contribution >= 0.6 is 22.9 Å². The van der Waals surface area contributed by atoms with Crippen molar-refractivity contribution in [3.8, 4) is 0 Å². The first kappa shape index (κ1) is 15.5. The van der Waals surface area contributed by atoms with Crippen molar-refractivity contribution in [2.24, 2.45) is 0 Å². The zero-order valence-electron chi connectivity index (χ0n) is 12.4. The molecule has 0 spiro atoms. The van der Waals surface area contributed by atoms with Crippen molar-refractivity contribution in [3.63, 3.8) is 0 Å². The van der Waals surface area contributed by atoms with Gasteiger partial charge in [0.25, 0.3) is 0 Å². The molecule has 1 saturated heterocycles. The van der Waals surface area contributed by atoms with Gasteiger partial charge in [0.2, 0.25) is 11.8 Å². The summed E-state index contributed by atoms with van der Waals surface area (Å²) in [6.45, 7) is 3.30. The van der Waals surface area contributed by atoms with Crippen LogP contribution in [0.3, 0.4) is 0 Å². The van der Waals surface area contributed by atoms with Crippen molar-refractivity contribution in [2.45, 2.75) is 38.5 Å². The molecule has 7 heteroatoms. The predicted molar refractivity (Wildman–Crippen MR) is 85.2 cm³/mol. The Bertz CT molecular complexity index is 655. The number of amides is 1. The largest absolute Gasteiger partial charge is 0.342 e. The van der Waals surface area contributed by atoms with Gasteiger partial charge >= 0.3 is 0 Å². The van der Waals surface area contributed by atoms with Crippen LogP contribution in [0, 0.1) is 6.92 Å². The lowest BCUT2D eigenvalue weighted by Gasteiger charge is -2.31. The van der Waals surface area contributed by atoms with Gasteiger partial charge in [0.1, 0.15) is 0 Å². The Balaban J connectivity index is 1.55. The molecule has 3 rings (SSSR count). The number of rotatable bonds is 4. The van der Waals surface area contributed by atoms with Gasteiger partial charge in [-0.2, -0.15) is 4.98 Å². The number of aromatic nitrogens is 2. The van der Waals surface area contributed by atoms with Crippen LogP contribution in [0.5, 0.6) is 0 Å². The number of hydrogen-bond acceptors (Lipinski definition) is 5. The normalized spacial score (nSPS) is 18.6. The van der Waals surface area contributed by atoms with E-state index in [0.717, 1.165) is 35.0 Å². The molecule has 1 aliphatic heterocycles. The van der Waals surface area contributed by atoms with Crippen molar-refractivity contribution in [3.05, 3.63) is 33.1 Å². The monoisotopic (exact) mass is 339 g/mol. The van der Waals surface area contributed by atoms with Gasteiger partial charge in [0, 0.05) is 24.4 Å². The molecule has 0 aliphatic carbocycles. The quantitative estimate of drug-likeness (QED) is 0.856. The Morgan fingerprint density at radius 3 is 3.09 bits per heavy atom. The molecule has 2 aromatic heterocycles. The van der Waals surface area contributed by atoms with Crippen molar-refractivity contribution < 1.29 is 9.32 Å². The van der Waals surface area contributed by atoms with E-state index in [1.807, 2.05) is 24.0 Å². The number of carbonyl (C=O) groups is 1. The van der Waals surface area contributed by atoms with Gasteiger partial charge in [-0.05, 0) is 38.3 Å². The van der Waals surface area contributed by atoms with E-state index in [9.17, 15) is 4.79 Å². The molecular weight excluding hydrogens is 322 g/mol. The molecule has 3 heterocycles. The Morgan fingerprint density at radius 1 is 1.55 bits per heavy atom. The van der Waals surface area contributed by atoms with Crippen LogP contribution in [0.25, 0.3) is 0 Å². The summed E-state index contributed by atoms with van der Waals surface area (Å²) in [5, 5.41) is 3.84. The number of halogens is 1. The summed E-state index contributed by atoms with van der Waals surface area (Å²) in [5.74, 6) is 1.65. The highest BCUT2D eigenvalue weighted by atomic mass is 35.5. The van der Waals surface area contributed by atoms with Crippen molar-refractivity contribution in [1.29, 1.82) is 0 Å². The third-order valence-corrected chi connectivity index (χ3v) is 5.17. The molecule has 1 atom stereocenters. The maximum Gasteiger partial charge on any atom is 0.231 e. The summed E-state index contributed by atoms with van der Waals surface area (Å²) < 4.78 is 6.02. The lowest BCUT2D eigenvalue weighted by atomic mass is 9.97. The predicted octanol–water partition coefficient (Wildman–Crippen LogP) is 3.43. The minimum absolute atomic E-state index is 0.162. The second-order valence-electron chi connectivity index (χ2n) is 5.56. The van der Waals surface area contributed by atoms with Gasteiger partial charge in [0.15, 0.2) is 5.82 Å². The maximum atomic E-state index is 12.4. The SMILES string of the molecule is Cc1noc([C@H]2CCCN(C(=O)CCc3ccc(Cl)s3)C2)n1. The Morgan fingerprint density at radius 2 is 2.41 bits per heavy atom. The van der Waals surface area contributed by atoms with Crippen LogP contribution in [0.1, 0.15) is 41.8 Å². The van der Waals surface area contributed by atoms with E-state index in [2.05, 4.69) is 10.1 Å². The van der Waals surface area contributed by atoms with Crippen molar-refractivity contribution in [2.75, 3.05) is 13.1 Å². The van der Waals surface area contributed by atoms with Crippen LogP contribution < -0.4 is 0 Å². The third-order valence-electron chi connectivity index (χ3n) is 3.88. The summed E-state index contributed by atoms with van der Waals surface area (Å²) >= 11 is 7.45. The van der Waals surface area contributed by atoms with Crippen LogP contribution in [0.4, 0.5) is 0 Å². The summed E-state index contributed by atoms with van der Waals surface area (Å²) in [4.78, 5) is 19.8. The molecule has 0 unspecified atom stereocenters. The van der Waals surface area contributed by atoms with Gasteiger partial charge < -0.3 is 9.42 Å². The Hall–Kier alpha value is -1.40. The van der Waals surface area contributed by atoms with E-state index >= 15 is 0 Å². The highest BCUT2D eigenvalue weighted by Crippen LogP contribution is 2.27. The topological polar surface area (TPSA) is 59.2 Å². The molecule has 0 bridgehead atoms. The first-order chi connectivity index (χ1) is 10.6. The number of aryl methyl sites for hydroxylation is 2. The number of hydrogen-bond donors (Lipinski definition) is 0. The van der Waals surface area contributed by atoms with Gasteiger partial charge in [-0.25, -0.2) is 0 Å². The molecule has 0 N–H and O–H groups in total. The van der Waals surface area contributed by atoms with E-state index in [-0.39, 0.29) is 11.8 Å². The van der Waals surface area contributed by atoms with Gasteiger partial charge in [0.05, 0.1) is 10.3 Å². The summed E-state index contributed by atoms with van der Waals surface area (Å²) in [6.07, 6.45) is 3.23. The number of piperidine rings is 1. The highest BCUT2D eigenvalue weighted by molar-refractivity contribution is 7.16. The zero-order valence-corrected chi connectivity index (χ0v) is 14.0. The zero-order chi connectivity index (χ0) is 15.5. The molecule has 1 aliphatic rings. The Kier molecular flexibility index (Phi) is 4.78. The molecule has 118 valence electrons. The lowest BCUT2D eigenvalue weighted by molar-refractivity contribution is -0.132. The average Bonchev–Trinajstić information content (AvgIpc) is 3.13. The second kappa shape index (κ2) is 6.79. The molecule has 0 saturated carbocycles. The van der Waals surface area contributed by atoms with Gasteiger partial charge in [-0.1, -0.05) is 16.8 Å². The molecule has 1 fully saturated rings. The number of carbonyl (C=O) groups excluding carboxylic acids is 1. The van der Waals surface area contributed by atoms with Crippen LogP contribution in [0.2, 0.25) is 4.34 Å². The molecule has 0 aromatic carbocycles. The smallest absolute Gasteiger partial charge is 0.231 e. The van der Waals surface area contributed by atoms with Crippen LogP contribution in [-0.2, 0) is 11.2 Å². The molecule has 0 radical (unpaired) electrons. The minimum atomic E-state index is 0.162. The van der Waals surface area contributed by atoms with E-state index < -0.39 is 0 Å². The first-order valence-corrected chi connectivity index (χ1v) is 8.63. The summed E-state index contributed by atoms with van der Waals surface area (Å²) in [5.41, 5.74) is 0. The fourth-order valence-electron chi connectivity index (χ4n) is 2.76. The summed E-state index contributed by atoms with van der Waals surface area (Å²) in [6, 6.07) is 3.86. The number of nitrogens with zero attached hydrogens (tertiary/aromatic N) is 3. The molecule has 22 heavy (non-hydrogen) atoms. The van der Waals surface area contributed by atoms with E-state index in [1.54, 1.807) is 0 Å². The first-order valence-electron chi connectivity index (χ1n) is 7.44. The fraction of sp³-hybridized carbons (Fsp3) is 0.533. The number of likely N-dealkylation sites (tertiary alicyclic amines) is 1. The van der Waals surface area contributed by atoms with Gasteiger partial charge in [-0.3, -0.25) is 4.79 Å². The van der Waals surface area contributed by atoms with Crippen molar-refractivity contribution in [1.82, 2.24) is 15.0 Å². The highest BCUT2D eigenvalue weighted by Gasteiger charge is 2.28. The van der Waals surface area contributed by atoms with E-state index in [1.165, 1.54) is 11.3 Å². The van der Waals surface area contributed by atoms with Crippen molar-refractivity contribution >= 4 is 28.8 Å². The Labute approximate surface area is 138 Å². The van der Waals surface area contributed by atoms with E-state index in [0.29, 0.717) is 24.7 Å². The van der Waals surface area contributed by atoms with E-state index in [4.69, 9.17) is 16.1 Å². The molecule has 2 aromatic rings. The molecule has 1 amide bonds. The fourth-order valence-corrected chi connectivity index (χ4v) is 3.85.